The molecule has 1 atom stereocenters. The van der Waals surface area contributed by atoms with E-state index < -0.39 is 10.8 Å². The van der Waals surface area contributed by atoms with Gasteiger partial charge in [0.25, 0.3) is 11.6 Å². The molecule has 7 nitrogen and oxygen atoms in total. The first-order valence-corrected chi connectivity index (χ1v) is 6.53. The molecule has 1 aromatic rings. The van der Waals surface area contributed by atoms with E-state index in [1.165, 1.54) is 6.07 Å². The van der Waals surface area contributed by atoms with Gasteiger partial charge in [-0.3, -0.25) is 14.9 Å². The van der Waals surface area contributed by atoms with Crippen molar-refractivity contribution in [1.82, 2.24) is 10.3 Å². The molecule has 1 rings (SSSR count). The third-order valence-corrected chi connectivity index (χ3v) is 2.87. The van der Waals surface area contributed by atoms with Gasteiger partial charge in [0.15, 0.2) is 0 Å². The Morgan fingerprint density at radius 1 is 1.60 bits per heavy atom. The van der Waals surface area contributed by atoms with E-state index in [0.717, 1.165) is 6.20 Å². The minimum atomic E-state index is -0.669. The lowest BCUT2D eigenvalue weighted by Crippen LogP contribution is -2.41. The van der Waals surface area contributed by atoms with Crippen molar-refractivity contribution < 1.29 is 9.72 Å². The number of amides is 1. The van der Waals surface area contributed by atoms with Crippen LogP contribution in [0.5, 0.6) is 0 Å². The van der Waals surface area contributed by atoms with Gasteiger partial charge in [0, 0.05) is 12.6 Å². The lowest BCUT2D eigenvalue weighted by atomic mass is 10.0. The fourth-order valence-electron chi connectivity index (χ4n) is 1.80. The van der Waals surface area contributed by atoms with E-state index in [1.807, 2.05) is 13.8 Å². The van der Waals surface area contributed by atoms with E-state index in [-0.39, 0.29) is 29.0 Å². The number of nitro groups is 1. The Bertz CT molecular complexity index is 507. The van der Waals surface area contributed by atoms with E-state index in [9.17, 15) is 14.9 Å². The summed E-state index contributed by atoms with van der Waals surface area (Å²) in [5.41, 5.74) is 5.09. The molecular weight excluding hydrogens is 284 g/mol. The van der Waals surface area contributed by atoms with Crippen molar-refractivity contribution in [3.63, 3.8) is 0 Å². The molecule has 20 heavy (non-hydrogen) atoms. The minimum Gasteiger partial charge on any atom is -0.348 e. The highest BCUT2D eigenvalue weighted by Gasteiger charge is 2.23. The van der Waals surface area contributed by atoms with Crippen LogP contribution >= 0.6 is 11.6 Å². The molecule has 0 saturated heterocycles. The number of pyridine rings is 1. The van der Waals surface area contributed by atoms with Crippen LogP contribution in [0.15, 0.2) is 12.3 Å². The number of nitrogens with two attached hydrogens (primary N) is 1. The summed E-state index contributed by atoms with van der Waals surface area (Å²) in [5.74, 6) is -0.225. The molecule has 0 aliphatic rings. The first-order chi connectivity index (χ1) is 9.35. The smallest absolute Gasteiger partial charge is 0.300 e. The molecule has 0 aliphatic heterocycles. The Kier molecular flexibility index (Phi) is 5.84. The molecule has 0 saturated carbocycles. The average molecular weight is 301 g/mol. The number of carbonyl (C=O) groups excluding carboxylic acids is 1. The van der Waals surface area contributed by atoms with Crippen LogP contribution in [0.25, 0.3) is 0 Å². The molecule has 1 aromatic heterocycles. The molecule has 0 bridgehead atoms. The fraction of sp³-hybridized carbons (Fsp3) is 0.500. The van der Waals surface area contributed by atoms with E-state index in [1.54, 1.807) is 0 Å². The third kappa shape index (κ3) is 4.43. The fourth-order valence-corrected chi connectivity index (χ4v) is 1.95. The van der Waals surface area contributed by atoms with Crippen LogP contribution in [0, 0.1) is 16.0 Å². The van der Waals surface area contributed by atoms with Crippen LogP contribution in [-0.4, -0.2) is 28.4 Å². The molecular formula is C12H17ClN4O3. The lowest BCUT2D eigenvalue weighted by Gasteiger charge is -2.18. The molecule has 0 fully saturated rings. The number of halogens is 1. The number of carbonyl (C=O) groups is 1. The monoisotopic (exact) mass is 300 g/mol. The highest BCUT2D eigenvalue weighted by molar-refractivity contribution is 6.29. The summed E-state index contributed by atoms with van der Waals surface area (Å²) in [6.07, 6.45) is 1.66. The second-order valence-electron chi connectivity index (χ2n) is 4.82. The maximum atomic E-state index is 12.1. The van der Waals surface area contributed by atoms with Crippen molar-refractivity contribution in [3.8, 4) is 0 Å². The van der Waals surface area contributed by atoms with Gasteiger partial charge in [-0.2, -0.15) is 0 Å². The molecule has 0 spiro atoms. The van der Waals surface area contributed by atoms with Crippen molar-refractivity contribution in [2.75, 3.05) is 6.54 Å². The molecule has 8 heteroatoms. The van der Waals surface area contributed by atoms with E-state index in [0.29, 0.717) is 12.3 Å². The zero-order valence-electron chi connectivity index (χ0n) is 11.3. The Labute approximate surface area is 121 Å². The van der Waals surface area contributed by atoms with Gasteiger partial charge in [-0.15, -0.1) is 0 Å². The van der Waals surface area contributed by atoms with Gasteiger partial charge in [0.2, 0.25) is 0 Å². The maximum Gasteiger partial charge on any atom is 0.300 e. The summed E-state index contributed by atoms with van der Waals surface area (Å²) < 4.78 is 0. The number of rotatable bonds is 6. The molecule has 1 unspecified atom stereocenters. The largest absolute Gasteiger partial charge is 0.348 e. The van der Waals surface area contributed by atoms with E-state index in [2.05, 4.69) is 10.3 Å². The quantitative estimate of drug-likeness (QED) is 0.472. The summed E-state index contributed by atoms with van der Waals surface area (Å²) in [6.45, 7) is 4.26. The van der Waals surface area contributed by atoms with Gasteiger partial charge < -0.3 is 11.1 Å². The predicted molar refractivity (Wildman–Crippen MR) is 75.7 cm³/mol. The molecule has 0 radical (unpaired) electrons. The van der Waals surface area contributed by atoms with Crippen LogP contribution in [0.2, 0.25) is 5.15 Å². The maximum absolute atomic E-state index is 12.1. The number of hydrogen-bond donors (Lipinski definition) is 2. The number of nitrogens with zero attached hydrogens (tertiary/aromatic N) is 2. The standard InChI is InChI=1S/C12H17ClN4O3/c1-7(2)3-8(5-14)16-12(18)9-4-11(13)15-6-10(9)17(19)20/h4,6-8H,3,5,14H2,1-2H3,(H,16,18). The van der Waals surface area contributed by atoms with E-state index in [4.69, 9.17) is 17.3 Å². The Morgan fingerprint density at radius 2 is 2.25 bits per heavy atom. The normalized spacial score (nSPS) is 12.2. The van der Waals surface area contributed by atoms with Gasteiger partial charge in [-0.25, -0.2) is 4.98 Å². The summed E-state index contributed by atoms with van der Waals surface area (Å²) in [6, 6.07) is 0.937. The molecule has 110 valence electrons. The van der Waals surface area contributed by atoms with Crippen LogP contribution < -0.4 is 11.1 Å². The minimum absolute atomic E-state index is 0.0221. The van der Waals surface area contributed by atoms with Gasteiger partial charge in [0.1, 0.15) is 16.9 Å². The summed E-state index contributed by atoms with van der Waals surface area (Å²) in [5, 5.41) is 13.6. The number of hydrogen-bond acceptors (Lipinski definition) is 5. The molecule has 3 N–H and O–H groups in total. The van der Waals surface area contributed by atoms with Crippen LogP contribution in [0.1, 0.15) is 30.6 Å². The Hall–Kier alpha value is -1.73. The Balaban J connectivity index is 2.96. The Morgan fingerprint density at radius 3 is 2.75 bits per heavy atom. The summed E-state index contributed by atoms with van der Waals surface area (Å²) in [4.78, 5) is 25.9. The first kappa shape index (κ1) is 16.3. The summed E-state index contributed by atoms with van der Waals surface area (Å²) in [7, 11) is 0. The van der Waals surface area contributed by atoms with Gasteiger partial charge >= 0.3 is 0 Å². The van der Waals surface area contributed by atoms with Crippen molar-refractivity contribution in [2.24, 2.45) is 11.7 Å². The average Bonchev–Trinajstić information content (AvgIpc) is 2.36. The van der Waals surface area contributed by atoms with Crippen LogP contribution in [0.4, 0.5) is 5.69 Å². The van der Waals surface area contributed by atoms with Crippen molar-refractivity contribution in [2.45, 2.75) is 26.3 Å². The molecule has 0 aliphatic carbocycles. The second kappa shape index (κ2) is 7.16. The molecule has 1 amide bonds. The van der Waals surface area contributed by atoms with Crippen LogP contribution in [-0.2, 0) is 0 Å². The third-order valence-electron chi connectivity index (χ3n) is 2.67. The zero-order chi connectivity index (χ0) is 15.3. The molecule has 0 aromatic carbocycles. The van der Waals surface area contributed by atoms with E-state index >= 15 is 0 Å². The van der Waals surface area contributed by atoms with Gasteiger partial charge in [-0.1, -0.05) is 25.4 Å². The van der Waals surface area contributed by atoms with Gasteiger partial charge in [0.05, 0.1) is 4.92 Å². The van der Waals surface area contributed by atoms with Crippen LogP contribution in [0.3, 0.4) is 0 Å². The second-order valence-corrected chi connectivity index (χ2v) is 5.20. The molecule has 1 heterocycles. The van der Waals surface area contributed by atoms with Crippen molar-refractivity contribution in [1.29, 1.82) is 0 Å². The van der Waals surface area contributed by atoms with Crippen molar-refractivity contribution >= 4 is 23.2 Å². The van der Waals surface area contributed by atoms with Gasteiger partial charge in [-0.05, 0) is 18.4 Å². The SMILES string of the molecule is CC(C)CC(CN)NC(=O)c1cc(Cl)ncc1[N+](=O)[O-]. The van der Waals surface area contributed by atoms with Crippen molar-refractivity contribution in [3.05, 3.63) is 33.1 Å². The number of aromatic nitrogens is 1. The first-order valence-electron chi connectivity index (χ1n) is 6.16. The highest BCUT2D eigenvalue weighted by Crippen LogP contribution is 2.20. The highest BCUT2D eigenvalue weighted by atomic mass is 35.5. The predicted octanol–water partition coefficient (Wildman–Crippen LogP) is 1.75. The lowest BCUT2D eigenvalue weighted by molar-refractivity contribution is -0.385. The number of nitrogens with one attached hydrogen (secondary N) is 1. The topological polar surface area (TPSA) is 111 Å². The summed E-state index contributed by atoms with van der Waals surface area (Å²) >= 11 is 5.68. The zero-order valence-corrected chi connectivity index (χ0v) is 12.1.